The SMILES string of the molecule is CC(O)CCC=C(Cl)C(Cl)(Cl)Cl. The second-order valence-corrected chi connectivity index (χ2v) is 5.16. The summed E-state index contributed by atoms with van der Waals surface area (Å²) in [5.41, 5.74) is 0. The fourth-order valence-corrected chi connectivity index (χ4v) is 0.908. The summed E-state index contributed by atoms with van der Waals surface area (Å²) in [4.78, 5) is 0. The van der Waals surface area contributed by atoms with Crippen molar-refractivity contribution in [3.63, 3.8) is 0 Å². The van der Waals surface area contributed by atoms with Crippen molar-refractivity contribution in [3.05, 3.63) is 11.1 Å². The molecule has 0 aromatic carbocycles. The minimum atomic E-state index is -1.54. The molecule has 0 aliphatic rings. The fourth-order valence-electron chi connectivity index (χ4n) is 0.567. The lowest BCUT2D eigenvalue weighted by atomic mass is 10.2. The molecule has 0 heterocycles. The molecule has 1 atom stereocenters. The van der Waals surface area contributed by atoms with Crippen LogP contribution >= 0.6 is 46.4 Å². The molecule has 1 N–H and O–H groups in total. The quantitative estimate of drug-likeness (QED) is 0.760. The predicted octanol–water partition coefficient (Wildman–Crippen LogP) is 3.64. The molecule has 0 saturated carbocycles. The minimum absolute atomic E-state index is 0.174. The van der Waals surface area contributed by atoms with Crippen molar-refractivity contribution in [1.82, 2.24) is 0 Å². The van der Waals surface area contributed by atoms with E-state index >= 15 is 0 Å². The van der Waals surface area contributed by atoms with Crippen LogP contribution in [0.4, 0.5) is 0 Å². The molecular formula is C7H10Cl4O. The summed E-state index contributed by atoms with van der Waals surface area (Å²) in [6, 6.07) is 0. The summed E-state index contributed by atoms with van der Waals surface area (Å²) in [6.07, 6.45) is 2.45. The van der Waals surface area contributed by atoms with E-state index in [2.05, 4.69) is 0 Å². The van der Waals surface area contributed by atoms with Crippen LogP contribution in [0.3, 0.4) is 0 Å². The van der Waals surface area contributed by atoms with Gasteiger partial charge in [-0.2, -0.15) is 0 Å². The zero-order valence-electron chi connectivity index (χ0n) is 6.53. The van der Waals surface area contributed by atoms with Gasteiger partial charge >= 0.3 is 0 Å². The maximum absolute atomic E-state index is 8.90. The summed E-state index contributed by atoms with van der Waals surface area (Å²) < 4.78 is -1.54. The maximum atomic E-state index is 8.90. The van der Waals surface area contributed by atoms with Crippen molar-refractivity contribution in [2.75, 3.05) is 0 Å². The molecule has 12 heavy (non-hydrogen) atoms. The van der Waals surface area contributed by atoms with Gasteiger partial charge in [-0.15, -0.1) is 0 Å². The highest BCUT2D eigenvalue weighted by molar-refractivity contribution is 6.72. The average Bonchev–Trinajstić information content (AvgIpc) is 1.84. The average molecular weight is 252 g/mol. The predicted molar refractivity (Wildman–Crippen MR) is 55.1 cm³/mol. The number of alkyl halides is 3. The van der Waals surface area contributed by atoms with Gasteiger partial charge in [0, 0.05) is 0 Å². The first-order valence-electron chi connectivity index (χ1n) is 3.45. The van der Waals surface area contributed by atoms with Crippen molar-refractivity contribution < 1.29 is 5.11 Å². The number of hydrogen-bond donors (Lipinski definition) is 1. The first kappa shape index (κ1) is 12.9. The van der Waals surface area contributed by atoms with Gasteiger partial charge in [-0.3, -0.25) is 0 Å². The van der Waals surface area contributed by atoms with Crippen LogP contribution in [0.15, 0.2) is 11.1 Å². The molecule has 0 bridgehead atoms. The highest BCUT2D eigenvalue weighted by Crippen LogP contribution is 2.37. The van der Waals surface area contributed by atoms with Crippen LogP contribution in [0.2, 0.25) is 0 Å². The van der Waals surface area contributed by atoms with Crippen LogP contribution in [0.1, 0.15) is 19.8 Å². The van der Waals surface area contributed by atoms with Crippen molar-refractivity contribution in [3.8, 4) is 0 Å². The van der Waals surface area contributed by atoms with Crippen molar-refractivity contribution >= 4 is 46.4 Å². The highest BCUT2D eigenvalue weighted by Gasteiger charge is 2.23. The van der Waals surface area contributed by atoms with Gasteiger partial charge in [0.25, 0.3) is 0 Å². The number of hydrogen-bond acceptors (Lipinski definition) is 1. The van der Waals surface area contributed by atoms with E-state index in [0.717, 1.165) is 0 Å². The van der Waals surface area contributed by atoms with E-state index in [-0.39, 0.29) is 11.1 Å². The molecule has 0 aliphatic carbocycles. The molecule has 0 amide bonds. The second-order valence-electron chi connectivity index (χ2n) is 2.48. The van der Waals surface area contributed by atoms with Gasteiger partial charge in [0.1, 0.15) is 0 Å². The van der Waals surface area contributed by atoms with E-state index in [1.807, 2.05) is 0 Å². The van der Waals surface area contributed by atoms with Crippen LogP contribution in [0.5, 0.6) is 0 Å². The third kappa shape index (κ3) is 6.38. The summed E-state index contributed by atoms with van der Waals surface area (Å²) in [6.45, 7) is 1.69. The lowest BCUT2D eigenvalue weighted by molar-refractivity contribution is 0.186. The normalized spacial score (nSPS) is 16.3. The minimum Gasteiger partial charge on any atom is -0.393 e. The summed E-state index contributed by atoms with van der Waals surface area (Å²) >= 11 is 22.0. The molecule has 1 unspecified atom stereocenters. The van der Waals surface area contributed by atoms with Gasteiger partial charge in [0.15, 0.2) is 0 Å². The third-order valence-electron chi connectivity index (χ3n) is 1.18. The molecule has 0 spiro atoms. The van der Waals surface area contributed by atoms with E-state index in [1.54, 1.807) is 13.0 Å². The van der Waals surface area contributed by atoms with E-state index in [0.29, 0.717) is 12.8 Å². The van der Waals surface area contributed by atoms with Crippen molar-refractivity contribution in [2.24, 2.45) is 0 Å². The molecule has 0 fully saturated rings. The number of rotatable bonds is 3. The van der Waals surface area contributed by atoms with Crippen molar-refractivity contribution in [2.45, 2.75) is 29.7 Å². The van der Waals surface area contributed by atoms with E-state index in [4.69, 9.17) is 51.5 Å². The summed E-state index contributed by atoms with van der Waals surface area (Å²) in [5.74, 6) is 0. The van der Waals surface area contributed by atoms with E-state index in [9.17, 15) is 0 Å². The molecule has 72 valence electrons. The molecule has 0 aromatic rings. The summed E-state index contributed by atoms with van der Waals surface area (Å²) in [5, 5.41) is 9.07. The fraction of sp³-hybridized carbons (Fsp3) is 0.714. The molecule has 0 aliphatic heterocycles. The van der Waals surface area contributed by atoms with Crippen LogP contribution in [-0.2, 0) is 0 Å². The Morgan fingerprint density at radius 2 is 2.00 bits per heavy atom. The standard InChI is InChI=1S/C7H10Cl4O/c1-5(12)3-2-4-6(8)7(9,10)11/h4-5,12H,2-3H2,1H3. The molecule has 1 nitrogen and oxygen atoms in total. The van der Waals surface area contributed by atoms with Gasteiger partial charge in [0.05, 0.1) is 11.1 Å². The van der Waals surface area contributed by atoms with Gasteiger partial charge < -0.3 is 5.11 Å². The van der Waals surface area contributed by atoms with Crippen molar-refractivity contribution in [1.29, 1.82) is 0 Å². The van der Waals surface area contributed by atoms with Gasteiger partial charge in [-0.05, 0) is 19.8 Å². The third-order valence-corrected chi connectivity index (χ3v) is 2.52. The molecule has 0 rings (SSSR count). The van der Waals surface area contributed by atoms with Gasteiger partial charge in [0.2, 0.25) is 3.79 Å². The number of aliphatic hydroxyl groups excluding tert-OH is 1. The Balaban J connectivity index is 3.86. The Morgan fingerprint density at radius 3 is 2.33 bits per heavy atom. The first-order valence-corrected chi connectivity index (χ1v) is 4.96. The monoisotopic (exact) mass is 250 g/mol. The lowest BCUT2D eigenvalue weighted by Crippen LogP contribution is -2.02. The smallest absolute Gasteiger partial charge is 0.226 e. The number of allylic oxidation sites excluding steroid dienone is 2. The second kappa shape index (κ2) is 5.56. The van der Waals surface area contributed by atoms with Crippen LogP contribution in [0.25, 0.3) is 0 Å². The molecule has 0 radical (unpaired) electrons. The molecule has 0 saturated heterocycles. The zero-order valence-corrected chi connectivity index (χ0v) is 9.55. The Hall–Kier alpha value is 0.860. The van der Waals surface area contributed by atoms with E-state index < -0.39 is 3.79 Å². The molecule has 0 aromatic heterocycles. The number of aliphatic hydroxyl groups is 1. The van der Waals surface area contributed by atoms with Crippen LogP contribution in [-0.4, -0.2) is 15.0 Å². The largest absolute Gasteiger partial charge is 0.393 e. The lowest BCUT2D eigenvalue weighted by Gasteiger charge is -2.09. The maximum Gasteiger partial charge on any atom is 0.226 e. The van der Waals surface area contributed by atoms with Crippen LogP contribution in [0, 0.1) is 0 Å². The molecular weight excluding hydrogens is 242 g/mol. The van der Waals surface area contributed by atoms with Gasteiger partial charge in [-0.25, -0.2) is 0 Å². The topological polar surface area (TPSA) is 20.2 Å². The Kier molecular flexibility index (Phi) is 5.96. The first-order chi connectivity index (χ1) is 5.34. The molecule has 5 heteroatoms. The number of halogens is 4. The van der Waals surface area contributed by atoms with Crippen LogP contribution < -0.4 is 0 Å². The van der Waals surface area contributed by atoms with Gasteiger partial charge in [-0.1, -0.05) is 52.5 Å². The Morgan fingerprint density at radius 1 is 1.50 bits per heavy atom. The summed E-state index contributed by atoms with van der Waals surface area (Å²) in [7, 11) is 0. The Labute approximate surface area is 92.2 Å². The zero-order chi connectivity index (χ0) is 9.78. The van der Waals surface area contributed by atoms with E-state index in [1.165, 1.54) is 0 Å². The highest BCUT2D eigenvalue weighted by atomic mass is 35.6. The Bertz CT molecular complexity index is 159.